The topological polar surface area (TPSA) is 103 Å². The van der Waals surface area contributed by atoms with Gasteiger partial charge in [0.2, 0.25) is 5.95 Å². The number of nitrogens with one attached hydrogen (secondary N) is 1. The Labute approximate surface area is 157 Å². The molecule has 1 amide bonds. The minimum absolute atomic E-state index is 0.0715. The second-order valence-corrected chi connectivity index (χ2v) is 7.30. The monoisotopic (exact) mass is 367 g/mol. The number of hydrogen-bond acceptors (Lipinski definition) is 5. The van der Waals surface area contributed by atoms with Crippen LogP contribution in [0, 0.1) is 0 Å². The average molecular weight is 367 g/mol. The number of carbonyl (C=O) groups excluding carboxylic acids is 1. The third-order valence-electron chi connectivity index (χ3n) is 5.31. The molecule has 8 nitrogen and oxygen atoms in total. The number of hydrogen-bond donors (Lipinski definition) is 2. The summed E-state index contributed by atoms with van der Waals surface area (Å²) in [6, 6.07) is 4.26. The lowest BCUT2D eigenvalue weighted by Gasteiger charge is -2.13. The Morgan fingerprint density at radius 3 is 2.85 bits per heavy atom. The molecule has 0 aliphatic heterocycles. The normalized spacial score (nSPS) is 16.1. The Bertz CT molecular complexity index is 968. The highest BCUT2D eigenvalue weighted by Gasteiger charge is 2.20. The van der Waals surface area contributed by atoms with Crippen LogP contribution < -0.4 is 11.1 Å². The van der Waals surface area contributed by atoms with E-state index in [2.05, 4.69) is 26.7 Å². The first-order valence-corrected chi connectivity index (χ1v) is 9.57. The lowest BCUT2D eigenvalue weighted by Crippen LogP contribution is -2.33. The van der Waals surface area contributed by atoms with E-state index >= 15 is 0 Å². The average Bonchev–Trinajstić information content (AvgIpc) is 3.39. The van der Waals surface area contributed by atoms with Crippen molar-refractivity contribution in [2.45, 2.75) is 58.0 Å². The summed E-state index contributed by atoms with van der Waals surface area (Å²) in [5.41, 5.74) is 8.58. The Hall–Kier alpha value is -2.90. The van der Waals surface area contributed by atoms with E-state index in [1.54, 1.807) is 0 Å². The van der Waals surface area contributed by atoms with Crippen LogP contribution in [-0.2, 0) is 0 Å². The van der Waals surface area contributed by atoms with Crippen molar-refractivity contribution in [3.63, 3.8) is 0 Å². The van der Waals surface area contributed by atoms with Gasteiger partial charge in [0.15, 0.2) is 5.65 Å². The number of aromatic nitrogens is 5. The Morgan fingerprint density at radius 1 is 1.33 bits per heavy atom. The van der Waals surface area contributed by atoms with Gasteiger partial charge in [-0.25, -0.2) is 4.52 Å². The largest absolute Gasteiger partial charge is 0.366 e. The maximum Gasteiger partial charge on any atom is 0.270 e. The van der Waals surface area contributed by atoms with Gasteiger partial charge >= 0.3 is 0 Å². The minimum atomic E-state index is -0.190. The zero-order chi connectivity index (χ0) is 19.0. The third kappa shape index (κ3) is 3.39. The molecule has 0 radical (unpaired) electrons. The fourth-order valence-corrected chi connectivity index (χ4v) is 3.58. The molecule has 3 heterocycles. The fraction of sp³-hybridized carbons (Fsp3) is 0.474. The van der Waals surface area contributed by atoms with E-state index in [9.17, 15) is 4.79 Å². The molecule has 3 aromatic rings. The van der Waals surface area contributed by atoms with Crippen molar-refractivity contribution in [1.82, 2.24) is 29.7 Å². The Morgan fingerprint density at radius 2 is 2.11 bits per heavy atom. The predicted octanol–water partition coefficient (Wildman–Crippen LogP) is 2.82. The lowest BCUT2D eigenvalue weighted by molar-refractivity contribution is 0.0932. The van der Waals surface area contributed by atoms with Crippen LogP contribution in [0.15, 0.2) is 24.5 Å². The van der Waals surface area contributed by atoms with Crippen LogP contribution in [0.3, 0.4) is 0 Å². The van der Waals surface area contributed by atoms with E-state index in [-0.39, 0.29) is 17.9 Å². The second-order valence-electron chi connectivity index (χ2n) is 7.30. The van der Waals surface area contributed by atoms with Crippen LogP contribution in [0.5, 0.6) is 0 Å². The number of carbonyl (C=O) groups is 1. The number of nitrogens with zero attached hydrogens (tertiary/aromatic N) is 5. The molecular formula is C19H25N7O. The van der Waals surface area contributed by atoms with Crippen molar-refractivity contribution < 1.29 is 4.79 Å². The first-order valence-electron chi connectivity index (χ1n) is 9.57. The van der Waals surface area contributed by atoms with Crippen molar-refractivity contribution >= 4 is 17.5 Å². The molecule has 0 bridgehead atoms. The molecule has 1 unspecified atom stereocenters. The summed E-state index contributed by atoms with van der Waals surface area (Å²) in [4.78, 5) is 17.0. The van der Waals surface area contributed by atoms with Gasteiger partial charge in [0.25, 0.3) is 5.91 Å². The molecule has 4 rings (SSSR count). The van der Waals surface area contributed by atoms with Crippen molar-refractivity contribution in [3.8, 4) is 11.1 Å². The number of amides is 1. The standard InChI is InChI=1S/C19H25N7O/c1-3-12(2)22-18(27)16-8-13(9-17-23-19(20)24-26(16)17)14-10-21-25(11-14)15-6-4-5-7-15/h8-12,15H,3-7H2,1-2H3,(H2,20,24)(H,22,27). The van der Waals surface area contributed by atoms with Gasteiger partial charge in [-0.1, -0.05) is 19.8 Å². The van der Waals surface area contributed by atoms with Crippen LogP contribution in [-0.4, -0.2) is 36.3 Å². The van der Waals surface area contributed by atoms with E-state index in [0.29, 0.717) is 17.4 Å². The van der Waals surface area contributed by atoms with Gasteiger partial charge in [-0.15, -0.1) is 5.10 Å². The van der Waals surface area contributed by atoms with Gasteiger partial charge in [0, 0.05) is 17.8 Å². The van der Waals surface area contributed by atoms with Crippen molar-refractivity contribution in [1.29, 1.82) is 0 Å². The van der Waals surface area contributed by atoms with E-state index in [4.69, 9.17) is 5.73 Å². The molecule has 1 saturated carbocycles. The first-order chi connectivity index (χ1) is 13.0. The van der Waals surface area contributed by atoms with Gasteiger partial charge < -0.3 is 11.1 Å². The molecule has 0 spiro atoms. The lowest BCUT2D eigenvalue weighted by atomic mass is 10.1. The SMILES string of the molecule is CCC(C)NC(=O)c1cc(-c2cnn(C3CCCC3)c2)cc2nc(N)nn12. The molecule has 3 N–H and O–H groups in total. The first kappa shape index (κ1) is 17.5. The van der Waals surface area contributed by atoms with Gasteiger partial charge in [0.1, 0.15) is 5.69 Å². The summed E-state index contributed by atoms with van der Waals surface area (Å²) >= 11 is 0. The highest BCUT2D eigenvalue weighted by atomic mass is 16.2. The van der Waals surface area contributed by atoms with Crippen molar-refractivity contribution in [3.05, 3.63) is 30.2 Å². The quantitative estimate of drug-likeness (QED) is 0.722. The van der Waals surface area contributed by atoms with Gasteiger partial charge in [-0.2, -0.15) is 10.1 Å². The molecule has 142 valence electrons. The molecule has 1 aliphatic rings. The number of rotatable bonds is 5. The van der Waals surface area contributed by atoms with E-state index in [1.807, 2.05) is 36.9 Å². The maximum atomic E-state index is 12.8. The van der Waals surface area contributed by atoms with Crippen LogP contribution in [0.4, 0.5) is 5.95 Å². The van der Waals surface area contributed by atoms with Gasteiger partial charge in [-0.05, 0) is 43.9 Å². The summed E-state index contributed by atoms with van der Waals surface area (Å²) in [5, 5.41) is 11.7. The number of pyridine rings is 1. The highest BCUT2D eigenvalue weighted by molar-refractivity contribution is 5.95. The van der Waals surface area contributed by atoms with Gasteiger partial charge in [-0.3, -0.25) is 9.48 Å². The van der Waals surface area contributed by atoms with Crippen LogP contribution in [0.2, 0.25) is 0 Å². The summed E-state index contributed by atoms with van der Waals surface area (Å²) in [6.07, 6.45) is 9.60. The molecule has 0 saturated heterocycles. The predicted molar refractivity (Wildman–Crippen MR) is 103 cm³/mol. The number of anilines is 1. The van der Waals surface area contributed by atoms with E-state index in [0.717, 1.165) is 17.5 Å². The highest BCUT2D eigenvalue weighted by Crippen LogP contribution is 2.31. The van der Waals surface area contributed by atoms with Crippen molar-refractivity contribution in [2.75, 3.05) is 5.73 Å². The summed E-state index contributed by atoms with van der Waals surface area (Å²) in [6.45, 7) is 4.00. The van der Waals surface area contributed by atoms with Crippen molar-refractivity contribution in [2.24, 2.45) is 0 Å². The molecule has 3 aromatic heterocycles. The van der Waals surface area contributed by atoms with Gasteiger partial charge in [0.05, 0.1) is 12.2 Å². The fourth-order valence-electron chi connectivity index (χ4n) is 3.58. The molecule has 1 aliphatic carbocycles. The van der Waals surface area contributed by atoms with E-state index < -0.39 is 0 Å². The zero-order valence-corrected chi connectivity index (χ0v) is 15.7. The zero-order valence-electron chi connectivity index (χ0n) is 15.7. The Balaban J connectivity index is 1.74. The van der Waals surface area contributed by atoms with Crippen LogP contribution >= 0.6 is 0 Å². The Kier molecular flexibility index (Phi) is 4.55. The summed E-state index contributed by atoms with van der Waals surface area (Å²) in [7, 11) is 0. The molecule has 0 aromatic carbocycles. The second kappa shape index (κ2) is 7.02. The number of fused-ring (bicyclic) bond motifs is 1. The number of nitrogens with two attached hydrogens (primary N) is 1. The summed E-state index contributed by atoms with van der Waals surface area (Å²) in [5.74, 6) is -0.0457. The van der Waals surface area contributed by atoms with E-state index in [1.165, 1.54) is 30.2 Å². The van der Waals surface area contributed by atoms with Crippen LogP contribution in [0.1, 0.15) is 62.5 Å². The van der Waals surface area contributed by atoms with Crippen LogP contribution in [0.25, 0.3) is 16.8 Å². The molecular weight excluding hydrogens is 342 g/mol. The molecule has 1 atom stereocenters. The number of nitrogen functional groups attached to an aromatic ring is 1. The minimum Gasteiger partial charge on any atom is -0.366 e. The smallest absolute Gasteiger partial charge is 0.270 e. The molecule has 8 heteroatoms. The third-order valence-corrected chi connectivity index (χ3v) is 5.31. The molecule has 1 fully saturated rings. The molecule has 27 heavy (non-hydrogen) atoms. The summed E-state index contributed by atoms with van der Waals surface area (Å²) < 4.78 is 3.54. The maximum absolute atomic E-state index is 12.8.